The first-order valence-corrected chi connectivity index (χ1v) is 13.3. The maximum absolute atomic E-state index is 13.2. The van der Waals surface area contributed by atoms with E-state index >= 15 is 0 Å². The highest BCUT2D eigenvalue weighted by atomic mass is 16.4. The molecule has 2 saturated heterocycles. The normalized spacial score (nSPS) is 18.0. The van der Waals surface area contributed by atoms with Crippen LogP contribution in [0.2, 0.25) is 0 Å². The van der Waals surface area contributed by atoms with Crippen LogP contribution in [-0.2, 0) is 4.79 Å². The summed E-state index contributed by atoms with van der Waals surface area (Å²) in [6.07, 6.45) is 4.05. The summed E-state index contributed by atoms with van der Waals surface area (Å²) in [6.45, 7) is 8.76. The zero-order valence-corrected chi connectivity index (χ0v) is 22.3. The molecule has 8 heteroatoms. The second kappa shape index (κ2) is 10.2. The van der Waals surface area contributed by atoms with E-state index < -0.39 is 5.97 Å². The number of fused-ring (bicyclic) bond motifs is 1. The van der Waals surface area contributed by atoms with E-state index in [0.29, 0.717) is 22.5 Å². The topological polar surface area (TPSA) is 103 Å². The Hall–Kier alpha value is -3.81. The van der Waals surface area contributed by atoms with Crippen LogP contribution in [0.25, 0.3) is 11.0 Å². The molecule has 200 valence electrons. The summed E-state index contributed by atoms with van der Waals surface area (Å²) in [6, 6.07) is 11.9. The molecule has 8 nitrogen and oxygen atoms in total. The van der Waals surface area contributed by atoms with Crippen molar-refractivity contribution in [2.24, 2.45) is 5.41 Å². The van der Waals surface area contributed by atoms with Crippen molar-refractivity contribution in [2.45, 2.75) is 52.5 Å². The molecular weight excluding hydrogens is 482 g/mol. The number of nitrogens with one attached hydrogen (secondary N) is 1. The van der Waals surface area contributed by atoms with Crippen LogP contribution in [0.4, 0.5) is 11.6 Å². The molecule has 2 fully saturated rings. The van der Waals surface area contributed by atoms with Gasteiger partial charge < -0.3 is 24.6 Å². The molecule has 2 aromatic carbocycles. The van der Waals surface area contributed by atoms with Gasteiger partial charge in [-0.2, -0.15) is 0 Å². The maximum atomic E-state index is 13.2. The predicted molar refractivity (Wildman–Crippen MR) is 148 cm³/mol. The predicted octanol–water partition coefficient (Wildman–Crippen LogP) is 5.20. The van der Waals surface area contributed by atoms with Gasteiger partial charge in [0.15, 0.2) is 11.3 Å². The van der Waals surface area contributed by atoms with Gasteiger partial charge in [0.2, 0.25) is 5.91 Å². The largest absolute Gasteiger partial charge is 0.478 e. The van der Waals surface area contributed by atoms with Gasteiger partial charge in [0.1, 0.15) is 5.58 Å². The lowest BCUT2D eigenvalue weighted by Crippen LogP contribution is -2.48. The number of likely N-dealkylation sites (tertiary alicyclic amines) is 1. The van der Waals surface area contributed by atoms with Gasteiger partial charge in [0.25, 0.3) is 0 Å². The summed E-state index contributed by atoms with van der Waals surface area (Å²) in [5, 5.41) is 13.4. The molecule has 1 unspecified atom stereocenters. The molecule has 0 saturated carbocycles. The van der Waals surface area contributed by atoms with Gasteiger partial charge in [0.05, 0.1) is 17.0 Å². The minimum absolute atomic E-state index is 0.0839. The highest BCUT2D eigenvalue weighted by Gasteiger charge is 2.38. The summed E-state index contributed by atoms with van der Waals surface area (Å²) in [7, 11) is 0. The third-order valence-corrected chi connectivity index (χ3v) is 8.39. The van der Waals surface area contributed by atoms with Crippen molar-refractivity contribution in [2.75, 3.05) is 36.4 Å². The molecule has 1 aromatic heterocycles. The molecule has 2 N–H and O–H groups in total. The van der Waals surface area contributed by atoms with Crippen molar-refractivity contribution in [3.8, 4) is 0 Å². The fourth-order valence-electron chi connectivity index (χ4n) is 6.00. The molecule has 5 rings (SSSR count). The van der Waals surface area contributed by atoms with Gasteiger partial charge in [-0.05, 0) is 68.7 Å². The van der Waals surface area contributed by atoms with Gasteiger partial charge in [-0.15, -0.1) is 0 Å². The number of aromatic carboxylic acids is 1. The molecule has 0 aliphatic carbocycles. The van der Waals surface area contributed by atoms with E-state index in [-0.39, 0.29) is 28.4 Å². The smallest absolute Gasteiger partial charge is 0.337 e. The van der Waals surface area contributed by atoms with E-state index in [4.69, 9.17) is 4.42 Å². The first-order valence-electron chi connectivity index (χ1n) is 13.3. The number of carboxylic acid groups (broad SMARTS) is 1. The second-order valence-corrected chi connectivity index (χ2v) is 10.9. The van der Waals surface area contributed by atoms with E-state index in [9.17, 15) is 19.5 Å². The molecule has 1 spiro atoms. The van der Waals surface area contributed by atoms with Crippen LogP contribution in [0.5, 0.6) is 0 Å². The molecule has 38 heavy (non-hydrogen) atoms. The quantitative estimate of drug-likeness (QED) is 0.479. The lowest BCUT2D eigenvalue weighted by atomic mass is 9.71. The number of carboxylic acids is 1. The van der Waals surface area contributed by atoms with Crippen molar-refractivity contribution in [1.29, 1.82) is 0 Å². The van der Waals surface area contributed by atoms with E-state index in [0.717, 1.165) is 63.0 Å². The number of nitrogens with zero attached hydrogens (tertiary/aromatic N) is 2. The average molecular weight is 518 g/mol. The van der Waals surface area contributed by atoms with Crippen molar-refractivity contribution < 1.29 is 19.1 Å². The van der Waals surface area contributed by atoms with E-state index in [1.165, 1.54) is 0 Å². The summed E-state index contributed by atoms with van der Waals surface area (Å²) in [4.78, 5) is 40.8. The van der Waals surface area contributed by atoms with Crippen LogP contribution >= 0.6 is 0 Å². The van der Waals surface area contributed by atoms with Crippen molar-refractivity contribution in [3.05, 3.63) is 69.4 Å². The van der Waals surface area contributed by atoms with Gasteiger partial charge in [-0.3, -0.25) is 9.59 Å². The third-order valence-electron chi connectivity index (χ3n) is 8.39. The Labute approximate surface area is 222 Å². The molecule has 2 aliphatic rings. The summed E-state index contributed by atoms with van der Waals surface area (Å²) in [5.41, 5.74) is 3.14. The van der Waals surface area contributed by atoms with Crippen molar-refractivity contribution in [1.82, 2.24) is 4.90 Å². The Morgan fingerprint density at radius 3 is 2.34 bits per heavy atom. The minimum Gasteiger partial charge on any atom is -0.478 e. The Balaban J connectivity index is 1.41. The SMILES string of the molecule is CC(=O)N1CCC2(CC1)CCN(c1cc(=O)c3cc(C)cc(C(C)Nc4ccccc4C(=O)O)c3o1)CC2. The molecule has 0 radical (unpaired) electrons. The highest BCUT2D eigenvalue weighted by molar-refractivity contribution is 5.94. The number of aryl methyl sites for hydroxylation is 1. The fourth-order valence-corrected chi connectivity index (χ4v) is 6.00. The first-order chi connectivity index (χ1) is 18.2. The number of carbonyl (C=O) groups is 2. The zero-order chi connectivity index (χ0) is 27.0. The zero-order valence-electron chi connectivity index (χ0n) is 22.3. The number of para-hydroxylation sites is 1. The fraction of sp³-hybridized carbons (Fsp3) is 0.433. The molecule has 1 amide bonds. The van der Waals surface area contributed by atoms with Gasteiger partial charge in [0, 0.05) is 50.4 Å². The molecular formula is C30H35N3O5. The Morgan fingerprint density at radius 1 is 1.03 bits per heavy atom. The van der Waals surface area contributed by atoms with Crippen molar-refractivity contribution >= 4 is 34.4 Å². The van der Waals surface area contributed by atoms with Crippen molar-refractivity contribution in [3.63, 3.8) is 0 Å². The Bertz CT molecular complexity index is 1430. The lowest BCUT2D eigenvalue weighted by Gasteiger charge is -2.46. The number of carbonyl (C=O) groups excluding carboxylic acids is 1. The highest BCUT2D eigenvalue weighted by Crippen LogP contribution is 2.42. The van der Waals surface area contributed by atoms with Crippen LogP contribution in [0.1, 0.15) is 67.1 Å². The maximum Gasteiger partial charge on any atom is 0.337 e. The number of hydrogen-bond donors (Lipinski definition) is 2. The number of piperidine rings is 2. The van der Waals surface area contributed by atoms with Gasteiger partial charge in [-0.25, -0.2) is 4.79 Å². The minimum atomic E-state index is -1.00. The molecule has 3 heterocycles. The van der Waals surface area contributed by atoms with E-state index in [1.54, 1.807) is 37.3 Å². The Morgan fingerprint density at radius 2 is 1.68 bits per heavy atom. The van der Waals surface area contributed by atoms with Gasteiger partial charge in [-0.1, -0.05) is 18.2 Å². The standard InChI is InChI=1S/C30H35N3O5/c1-19-16-23(20(2)31-25-7-5-4-6-22(25)29(36)37)28-24(17-19)26(35)18-27(38-28)33-14-10-30(11-15-33)8-12-32(13-9-30)21(3)34/h4-7,16-18,20,31H,8-15H2,1-3H3,(H,36,37). The number of benzene rings is 2. The first kappa shape index (κ1) is 25.8. The third kappa shape index (κ3) is 4.99. The Kier molecular flexibility index (Phi) is 6.90. The summed E-state index contributed by atoms with van der Waals surface area (Å²) < 4.78 is 6.45. The molecule has 2 aliphatic heterocycles. The van der Waals surface area contributed by atoms with Crippen LogP contribution in [-0.4, -0.2) is 48.1 Å². The van der Waals surface area contributed by atoms with Crippen LogP contribution < -0.4 is 15.6 Å². The van der Waals surface area contributed by atoms with E-state index in [1.807, 2.05) is 30.9 Å². The summed E-state index contributed by atoms with van der Waals surface area (Å²) in [5.74, 6) is -0.281. The van der Waals surface area contributed by atoms with Crippen LogP contribution in [0.15, 0.2) is 51.7 Å². The second-order valence-electron chi connectivity index (χ2n) is 10.9. The monoisotopic (exact) mass is 517 g/mol. The number of amides is 1. The van der Waals surface area contributed by atoms with Crippen LogP contribution in [0, 0.1) is 12.3 Å². The molecule has 0 bridgehead atoms. The van der Waals surface area contributed by atoms with Crippen LogP contribution in [0.3, 0.4) is 0 Å². The number of anilines is 2. The van der Waals surface area contributed by atoms with Gasteiger partial charge >= 0.3 is 5.97 Å². The van der Waals surface area contributed by atoms with E-state index in [2.05, 4.69) is 10.2 Å². The lowest BCUT2D eigenvalue weighted by molar-refractivity contribution is -0.131. The average Bonchev–Trinajstić information content (AvgIpc) is 2.89. The number of hydrogen-bond acceptors (Lipinski definition) is 6. The molecule has 1 atom stereocenters. The summed E-state index contributed by atoms with van der Waals surface area (Å²) >= 11 is 0. The number of rotatable bonds is 5. The molecule has 3 aromatic rings.